The highest BCUT2D eigenvalue weighted by atomic mass is 19.2. The predicted molar refractivity (Wildman–Crippen MR) is 128 cm³/mol. The molecule has 0 atom stereocenters. The van der Waals surface area contributed by atoms with E-state index in [1.54, 1.807) is 19.1 Å². The van der Waals surface area contributed by atoms with Crippen molar-refractivity contribution in [2.75, 3.05) is 13.3 Å². The van der Waals surface area contributed by atoms with Crippen molar-refractivity contribution in [3.63, 3.8) is 0 Å². The van der Waals surface area contributed by atoms with Gasteiger partial charge in [-0.25, -0.2) is 8.78 Å². The van der Waals surface area contributed by atoms with Crippen LogP contribution in [0.4, 0.5) is 13.2 Å². The fourth-order valence-corrected chi connectivity index (χ4v) is 6.01. The average Bonchev–Trinajstić information content (AvgIpc) is 2.86. The second-order valence-corrected chi connectivity index (χ2v) is 9.66. The molecule has 2 aromatic rings. The summed E-state index contributed by atoms with van der Waals surface area (Å²) < 4.78 is 46.4. The summed E-state index contributed by atoms with van der Waals surface area (Å²) in [5, 5.41) is 0. The van der Waals surface area contributed by atoms with Crippen LogP contribution in [0.1, 0.15) is 86.8 Å². The van der Waals surface area contributed by atoms with Crippen LogP contribution in [-0.4, -0.2) is 13.3 Å². The van der Waals surface area contributed by atoms with Crippen LogP contribution >= 0.6 is 0 Å². The fraction of sp³-hybridized carbons (Fsp3) is 0.517. The lowest BCUT2D eigenvalue weighted by Crippen LogP contribution is -2.25. The van der Waals surface area contributed by atoms with E-state index < -0.39 is 18.3 Å². The maximum absolute atomic E-state index is 14.6. The predicted octanol–water partition coefficient (Wildman–Crippen LogP) is 8.59. The number of rotatable bonds is 7. The molecular formula is C29H35F3O. The molecule has 2 fully saturated rings. The molecular weight excluding hydrogens is 421 g/mol. The van der Waals surface area contributed by atoms with E-state index in [0.29, 0.717) is 24.0 Å². The molecule has 0 heterocycles. The van der Waals surface area contributed by atoms with E-state index in [-0.39, 0.29) is 11.7 Å². The molecule has 4 rings (SSSR count). The fourth-order valence-electron chi connectivity index (χ4n) is 6.01. The van der Waals surface area contributed by atoms with E-state index in [1.807, 2.05) is 6.08 Å². The second-order valence-electron chi connectivity index (χ2n) is 9.66. The quantitative estimate of drug-likeness (QED) is 0.405. The van der Waals surface area contributed by atoms with Crippen LogP contribution in [0, 0.1) is 23.5 Å². The Morgan fingerprint density at radius 2 is 1.39 bits per heavy atom. The summed E-state index contributed by atoms with van der Waals surface area (Å²) in [5.41, 5.74) is 2.95. The van der Waals surface area contributed by atoms with Gasteiger partial charge in [-0.15, -0.1) is 0 Å². The first-order valence-electron chi connectivity index (χ1n) is 12.5. The summed E-state index contributed by atoms with van der Waals surface area (Å²) >= 11 is 0. The number of allylic oxidation sites excluding steroid dienone is 1. The lowest BCUT2D eigenvalue weighted by molar-refractivity contribution is 0.176. The number of alkyl halides is 1. The maximum atomic E-state index is 14.6. The van der Waals surface area contributed by atoms with Crippen molar-refractivity contribution in [2.45, 2.75) is 70.1 Å². The van der Waals surface area contributed by atoms with Gasteiger partial charge >= 0.3 is 0 Å². The Morgan fingerprint density at radius 3 is 1.97 bits per heavy atom. The maximum Gasteiger partial charge on any atom is 0.200 e. The molecule has 1 nitrogen and oxygen atoms in total. The average molecular weight is 457 g/mol. The van der Waals surface area contributed by atoms with Crippen molar-refractivity contribution in [3.8, 4) is 5.75 Å². The molecule has 4 heteroatoms. The van der Waals surface area contributed by atoms with Crippen molar-refractivity contribution in [2.24, 2.45) is 11.8 Å². The highest BCUT2D eigenvalue weighted by Gasteiger charge is 2.33. The van der Waals surface area contributed by atoms with Gasteiger partial charge in [0.25, 0.3) is 0 Å². The third-order valence-corrected chi connectivity index (χ3v) is 7.83. The van der Waals surface area contributed by atoms with E-state index in [0.717, 1.165) is 37.2 Å². The minimum atomic E-state index is -0.846. The van der Waals surface area contributed by atoms with Gasteiger partial charge in [-0.2, -0.15) is 4.39 Å². The zero-order valence-electron chi connectivity index (χ0n) is 19.5. The minimum absolute atomic E-state index is 0.00931. The van der Waals surface area contributed by atoms with Crippen molar-refractivity contribution in [3.05, 3.63) is 70.8 Å². The molecule has 0 spiro atoms. The van der Waals surface area contributed by atoms with E-state index in [2.05, 4.69) is 24.3 Å². The first-order valence-corrected chi connectivity index (χ1v) is 12.5. The van der Waals surface area contributed by atoms with Gasteiger partial charge in [-0.05, 0) is 105 Å². The van der Waals surface area contributed by atoms with Gasteiger partial charge in [-0.3, -0.25) is 0 Å². The molecule has 178 valence electrons. The topological polar surface area (TPSA) is 9.23 Å². The molecule has 2 aliphatic rings. The summed E-state index contributed by atoms with van der Waals surface area (Å²) in [6.45, 7) is 1.66. The monoisotopic (exact) mass is 456 g/mol. The summed E-state index contributed by atoms with van der Waals surface area (Å²) in [6, 6.07) is 11.8. The third kappa shape index (κ3) is 5.65. The smallest absolute Gasteiger partial charge is 0.200 e. The largest absolute Gasteiger partial charge is 0.491 e. The zero-order valence-corrected chi connectivity index (χ0v) is 19.5. The van der Waals surface area contributed by atoms with E-state index in [9.17, 15) is 13.2 Å². The van der Waals surface area contributed by atoms with Crippen LogP contribution in [0.15, 0.2) is 42.5 Å². The lowest BCUT2D eigenvalue weighted by Gasteiger charge is -2.38. The number of hydrogen-bond donors (Lipinski definition) is 0. The lowest BCUT2D eigenvalue weighted by atomic mass is 9.67. The molecule has 33 heavy (non-hydrogen) atoms. The van der Waals surface area contributed by atoms with Gasteiger partial charge in [0.1, 0.15) is 6.67 Å². The summed E-state index contributed by atoms with van der Waals surface area (Å²) in [7, 11) is 0. The zero-order chi connectivity index (χ0) is 23.2. The van der Waals surface area contributed by atoms with E-state index in [4.69, 9.17) is 4.74 Å². The Morgan fingerprint density at radius 1 is 0.788 bits per heavy atom. The van der Waals surface area contributed by atoms with E-state index >= 15 is 0 Å². The highest BCUT2D eigenvalue weighted by Crippen LogP contribution is 2.46. The van der Waals surface area contributed by atoms with Crippen LogP contribution in [0.25, 0.3) is 6.08 Å². The molecule has 0 saturated heterocycles. The molecule has 0 bridgehead atoms. The minimum Gasteiger partial charge on any atom is -0.491 e. The molecule has 0 aliphatic heterocycles. The van der Waals surface area contributed by atoms with Crippen LogP contribution in [0.3, 0.4) is 0 Å². The van der Waals surface area contributed by atoms with Crippen LogP contribution in [0.5, 0.6) is 5.75 Å². The van der Waals surface area contributed by atoms with Crippen molar-refractivity contribution in [1.82, 2.24) is 0 Å². The molecule has 0 amide bonds. The first-order chi connectivity index (χ1) is 16.1. The van der Waals surface area contributed by atoms with E-state index in [1.165, 1.54) is 37.3 Å². The van der Waals surface area contributed by atoms with Crippen molar-refractivity contribution < 1.29 is 17.9 Å². The molecule has 2 aliphatic carbocycles. The Bertz CT molecular complexity index is 921. The van der Waals surface area contributed by atoms with Gasteiger partial charge in [0.2, 0.25) is 5.82 Å². The molecule has 0 N–H and O–H groups in total. The molecule has 2 saturated carbocycles. The number of hydrogen-bond acceptors (Lipinski definition) is 1. The molecule has 0 unspecified atom stereocenters. The summed E-state index contributed by atoms with van der Waals surface area (Å²) in [4.78, 5) is 0. The Hall–Kier alpha value is -2.23. The number of ether oxygens (including phenoxy) is 1. The Kier molecular flexibility index (Phi) is 8.16. The van der Waals surface area contributed by atoms with Gasteiger partial charge in [0.05, 0.1) is 6.61 Å². The van der Waals surface area contributed by atoms with Gasteiger partial charge in [0, 0.05) is 0 Å². The SMILES string of the molecule is CCOc1ccc(C2CCC(C3CCC(c4ccc(/C=C/CF)cc4)CC3)CC2)c(F)c1F. The normalized spacial score (nSPS) is 25.9. The molecule has 2 aromatic carbocycles. The van der Waals surface area contributed by atoms with Crippen molar-refractivity contribution >= 4 is 6.08 Å². The Balaban J connectivity index is 1.28. The second kappa shape index (κ2) is 11.3. The Labute approximate surface area is 196 Å². The van der Waals surface area contributed by atoms with Gasteiger partial charge < -0.3 is 4.74 Å². The number of benzene rings is 2. The molecule has 0 radical (unpaired) electrons. The van der Waals surface area contributed by atoms with Crippen LogP contribution in [-0.2, 0) is 0 Å². The number of halogens is 3. The van der Waals surface area contributed by atoms with Crippen LogP contribution in [0.2, 0.25) is 0 Å². The molecule has 0 aromatic heterocycles. The summed E-state index contributed by atoms with van der Waals surface area (Å²) in [6.07, 6.45) is 12.3. The van der Waals surface area contributed by atoms with Crippen molar-refractivity contribution in [1.29, 1.82) is 0 Å². The van der Waals surface area contributed by atoms with Gasteiger partial charge in [-0.1, -0.05) is 42.5 Å². The van der Waals surface area contributed by atoms with Crippen LogP contribution < -0.4 is 4.74 Å². The third-order valence-electron chi connectivity index (χ3n) is 7.83. The highest BCUT2D eigenvalue weighted by molar-refractivity contribution is 5.50. The standard InChI is InChI=1S/C29H35F3O/c1-2-33-27-18-17-26(28(31)29(27)32)25-15-13-24(14-16-25)23-11-9-22(10-12-23)21-7-5-20(6-8-21)4-3-19-30/h3-8,17-18,22-25H,2,9-16,19H2,1H3/b4-3+. The first kappa shape index (κ1) is 23.9. The summed E-state index contributed by atoms with van der Waals surface area (Å²) in [5.74, 6) is 0.597. The van der Waals surface area contributed by atoms with Gasteiger partial charge in [0.15, 0.2) is 11.6 Å².